The van der Waals surface area contributed by atoms with Crippen molar-refractivity contribution >= 4 is 6.29 Å². The van der Waals surface area contributed by atoms with Crippen molar-refractivity contribution in [3.05, 3.63) is 125 Å². The Morgan fingerprint density at radius 1 is 0.806 bits per heavy atom. The zero-order chi connectivity index (χ0) is 21.1. The maximum atomic E-state index is 11.7. The zero-order valence-corrected chi connectivity index (χ0v) is 17.5. The largest absolute Gasteiger partial charge is 0.313 e. The lowest BCUT2D eigenvalue weighted by molar-refractivity contribution is -0.107. The summed E-state index contributed by atoms with van der Waals surface area (Å²) in [4.78, 5) is 16.4. The average Bonchev–Trinajstić information content (AvgIpc) is 3.57. The van der Waals surface area contributed by atoms with Gasteiger partial charge in [-0.1, -0.05) is 91.0 Å². The van der Waals surface area contributed by atoms with E-state index in [0.717, 1.165) is 35.2 Å². The Morgan fingerprint density at radius 2 is 1.29 bits per heavy atom. The molecule has 0 saturated heterocycles. The number of aldehydes is 1. The SMILES string of the molecule is O=CCc1ncc(CC2CC2)n1C(c1ccccc1)(c1ccccc1)c1ccccc1. The Morgan fingerprint density at radius 3 is 1.71 bits per heavy atom. The molecule has 0 atom stereocenters. The molecule has 1 aliphatic carbocycles. The predicted octanol–water partition coefficient (Wildman–Crippen LogP) is 5.42. The van der Waals surface area contributed by atoms with Crippen LogP contribution in [0.5, 0.6) is 0 Å². The van der Waals surface area contributed by atoms with Gasteiger partial charge in [0.1, 0.15) is 17.6 Å². The molecule has 31 heavy (non-hydrogen) atoms. The van der Waals surface area contributed by atoms with Gasteiger partial charge in [-0.25, -0.2) is 4.98 Å². The van der Waals surface area contributed by atoms with Crippen LogP contribution in [0.4, 0.5) is 0 Å². The number of hydrogen-bond donors (Lipinski definition) is 0. The first kappa shape index (κ1) is 19.5. The fraction of sp³-hybridized carbons (Fsp3) is 0.214. The minimum atomic E-state index is -0.608. The van der Waals surface area contributed by atoms with E-state index in [-0.39, 0.29) is 0 Å². The normalized spacial score (nSPS) is 13.8. The third-order valence-electron chi connectivity index (χ3n) is 6.28. The molecule has 0 spiro atoms. The molecule has 1 aromatic heterocycles. The van der Waals surface area contributed by atoms with Gasteiger partial charge in [-0.05, 0) is 41.9 Å². The van der Waals surface area contributed by atoms with E-state index in [1.165, 1.54) is 18.5 Å². The van der Waals surface area contributed by atoms with Gasteiger partial charge in [0, 0.05) is 11.9 Å². The number of rotatable bonds is 8. The summed E-state index contributed by atoms with van der Waals surface area (Å²) in [6.45, 7) is 0. The quantitative estimate of drug-likeness (QED) is 0.289. The van der Waals surface area contributed by atoms with E-state index in [1.807, 2.05) is 6.20 Å². The monoisotopic (exact) mass is 406 g/mol. The van der Waals surface area contributed by atoms with E-state index in [1.54, 1.807) is 0 Å². The number of carbonyl (C=O) groups is 1. The molecule has 1 heterocycles. The van der Waals surface area contributed by atoms with Crippen molar-refractivity contribution in [3.63, 3.8) is 0 Å². The van der Waals surface area contributed by atoms with Crippen LogP contribution in [-0.4, -0.2) is 15.8 Å². The third kappa shape index (κ3) is 3.50. The van der Waals surface area contributed by atoms with Gasteiger partial charge in [-0.2, -0.15) is 0 Å². The maximum absolute atomic E-state index is 11.7. The molecule has 4 aromatic rings. The minimum Gasteiger partial charge on any atom is -0.313 e. The van der Waals surface area contributed by atoms with Gasteiger partial charge in [0.05, 0.1) is 6.42 Å². The topological polar surface area (TPSA) is 34.9 Å². The summed E-state index contributed by atoms with van der Waals surface area (Å²) in [5.41, 5.74) is 4.07. The lowest BCUT2D eigenvalue weighted by atomic mass is 9.76. The molecule has 0 N–H and O–H groups in total. The van der Waals surface area contributed by atoms with E-state index in [0.29, 0.717) is 12.3 Å². The first-order valence-corrected chi connectivity index (χ1v) is 11.0. The summed E-state index contributed by atoms with van der Waals surface area (Å²) in [5.74, 6) is 1.52. The number of hydrogen-bond acceptors (Lipinski definition) is 2. The second-order valence-corrected chi connectivity index (χ2v) is 8.33. The predicted molar refractivity (Wildman–Crippen MR) is 123 cm³/mol. The van der Waals surface area contributed by atoms with Crippen LogP contribution in [0, 0.1) is 5.92 Å². The molecule has 5 rings (SSSR count). The van der Waals surface area contributed by atoms with Crippen molar-refractivity contribution in [3.8, 4) is 0 Å². The molecule has 3 aromatic carbocycles. The summed E-state index contributed by atoms with van der Waals surface area (Å²) in [7, 11) is 0. The second-order valence-electron chi connectivity index (χ2n) is 8.33. The summed E-state index contributed by atoms with van der Waals surface area (Å²) in [6, 6.07) is 31.8. The van der Waals surface area contributed by atoms with Gasteiger partial charge in [-0.3, -0.25) is 0 Å². The van der Waals surface area contributed by atoms with E-state index in [9.17, 15) is 4.79 Å². The molecule has 3 heteroatoms. The highest BCUT2D eigenvalue weighted by Crippen LogP contribution is 2.44. The summed E-state index contributed by atoms with van der Waals surface area (Å²) in [6.07, 6.45) is 6.76. The smallest absolute Gasteiger partial charge is 0.127 e. The number of benzene rings is 3. The molecular weight excluding hydrogens is 380 g/mol. The molecule has 0 aliphatic heterocycles. The Bertz CT molecular complexity index is 1050. The van der Waals surface area contributed by atoms with E-state index < -0.39 is 5.54 Å². The van der Waals surface area contributed by atoms with Crippen molar-refractivity contribution in [2.24, 2.45) is 5.92 Å². The van der Waals surface area contributed by atoms with Crippen molar-refractivity contribution in [2.45, 2.75) is 31.2 Å². The van der Waals surface area contributed by atoms with Gasteiger partial charge in [0.15, 0.2) is 0 Å². The number of imidazole rings is 1. The van der Waals surface area contributed by atoms with Crippen molar-refractivity contribution in [1.82, 2.24) is 9.55 Å². The van der Waals surface area contributed by atoms with E-state index in [2.05, 4.69) is 95.6 Å². The van der Waals surface area contributed by atoms with Gasteiger partial charge < -0.3 is 9.36 Å². The Kier molecular flexibility index (Phi) is 5.25. The Labute approximate surface area is 183 Å². The molecule has 1 saturated carbocycles. The minimum absolute atomic E-state index is 0.291. The molecule has 1 aliphatic rings. The van der Waals surface area contributed by atoms with Gasteiger partial charge in [0.2, 0.25) is 0 Å². The molecule has 1 fully saturated rings. The maximum Gasteiger partial charge on any atom is 0.127 e. The molecular formula is C28H26N2O. The van der Waals surface area contributed by atoms with Crippen LogP contribution in [0.3, 0.4) is 0 Å². The van der Waals surface area contributed by atoms with Gasteiger partial charge in [0.25, 0.3) is 0 Å². The zero-order valence-electron chi connectivity index (χ0n) is 17.5. The number of nitrogens with zero attached hydrogens (tertiary/aromatic N) is 2. The highest BCUT2D eigenvalue weighted by Gasteiger charge is 2.41. The van der Waals surface area contributed by atoms with Crippen LogP contribution in [0.25, 0.3) is 0 Å². The van der Waals surface area contributed by atoms with Crippen LogP contribution < -0.4 is 0 Å². The molecule has 0 radical (unpaired) electrons. The fourth-order valence-electron chi connectivity index (χ4n) is 4.74. The van der Waals surface area contributed by atoms with Crippen molar-refractivity contribution < 1.29 is 4.79 Å². The third-order valence-corrected chi connectivity index (χ3v) is 6.28. The van der Waals surface area contributed by atoms with Crippen LogP contribution in [-0.2, 0) is 23.2 Å². The van der Waals surface area contributed by atoms with E-state index >= 15 is 0 Å². The number of aromatic nitrogens is 2. The molecule has 0 amide bonds. The van der Waals surface area contributed by atoms with Crippen molar-refractivity contribution in [1.29, 1.82) is 0 Å². The van der Waals surface area contributed by atoms with Crippen molar-refractivity contribution in [2.75, 3.05) is 0 Å². The number of carbonyl (C=O) groups excluding carboxylic acids is 1. The summed E-state index contributed by atoms with van der Waals surface area (Å²) in [5, 5.41) is 0. The van der Waals surface area contributed by atoms with E-state index in [4.69, 9.17) is 4.98 Å². The highest BCUT2D eigenvalue weighted by atomic mass is 16.1. The van der Waals surface area contributed by atoms with Crippen LogP contribution in [0.15, 0.2) is 97.2 Å². The summed E-state index contributed by atoms with van der Waals surface area (Å²) < 4.78 is 2.35. The second kappa shape index (κ2) is 8.35. The molecule has 0 bridgehead atoms. The van der Waals surface area contributed by atoms with Crippen LogP contribution in [0.2, 0.25) is 0 Å². The van der Waals surface area contributed by atoms with Gasteiger partial charge >= 0.3 is 0 Å². The standard InChI is InChI=1S/C28H26N2O/c31-19-18-27-29-21-26(20-22-16-17-22)30(27)28(23-10-4-1-5-11-23,24-12-6-2-7-13-24)25-14-8-3-9-15-25/h1-15,19,21-22H,16-18,20H2. The fourth-order valence-corrected chi connectivity index (χ4v) is 4.74. The lowest BCUT2D eigenvalue weighted by Crippen LogP contribution is -2.40. The highest BCUT2D eigenvalue weighted by molar-refractivity contribution is 5.56. The molecule has 3 nitrogen and oxygen atoms in total. The Balaban J connectivity index is 1.89. The first-order valence-electron chi connectivity index (χ1n) is 11.0. The first-order chi connectivity index (χ1) is 15.3. The molecule has 154 valence electrons. The average molecular weight is 407 g/mol. The Hall–Kier alpha value is -3.46. The van der Waals surface area contributed by atoms with Gasteiger partial charge in [-0.15, -0.1) is 0 Å². The lowest BCUT2D eigenvalue weighted by Gasteiger charge is -2.40. The summed E-state index contributed by atoms with van der Waals surface area (Å²) >= 11 is 0. The van der Waals surface area contributed by atoms with Crippen LogP contribution in [0.1, 0.15) is 41.1 Å². The molecule has 0 unspecified atom stereocenters. The van der Waals surface area contributed by atoms with Crippen LogP contribution >= 0.6 is 0 Å².